The second kappa shape index (κ2) is 3.53. The smallest absolute Gasteiger partial charge is 0.138 e. The highest BCUT2D eigenvalue weighted by atomic mass is 127. The van der Waals surface area contributed by atoms with Crippen LogP contribution in [0.3, 0.4) is 0 Å². The van der Waals surface area contributed by atoms with Gasteiger partial charge in [0, 0.05) is 6.07 Å². The molecular weight excluding hydrogens is 255 g/mol. The molecule has 1 aromatic rings. The van der Waals surface area contributed by atoms with Gasteiger partial charge in [0.1, 0.15) is 15.5 Å². The SMILES string of the molecule is COc1cnc(I)c(C#N)c1. The van der Waals surface area contributed by atoms with E-state index in [0.717, 1.165) is 0 Å². The first-order valence-electron chi connectivity index (χ1n) is 2.87. The van der Waals surface area contributed by atoms with Crippen LogP contribution in [0.15, 0.2) is 12.3 Å². The van der Waals surface area contributed by atoms with Crippen molar-refractivity contribution < 1.29 is 4.74 Å². The number of aromatic nitrogens is 1. The quantitative estimate of drug-likeness (QED) is 0.568. The van der Waals surface area contributed by atoms with E-state index < -0.39 is 0 Å². The molecule has 0 fully saturated rings. The number of ether oxygens (including phenoxy) is 1. The minimum Gasteiger partial charge on any atom is -0.495 e. The molecule has 0 unspecified atom stereocenters. The van der Waals surface area contributed by atoms with Crippen molar-refractivity contribution in [1.29, 1.82) is 5.26 Å². The van der Waals surface area contributed by atoms with E-state index in [2.05, 4.69) is 4.98 Å². The highest BCUT2D eigenvalue weighted by molar-refractivity contribution is 14.1. The lowest BCUT2D eigenvalue weighted by Crippen LogP contribution is -1.90. The van der Waals surface area contributed by atoms with Crippen molar-refractivity contribution >= 4 is 22.6 Å². The molecule has 0 aromatic carbocycles. The topological polar surface area (TPSA) is 45.9 Å². The van der Waals surface area contributed by atoms with E-state index in [9.17, 15) is 0 Å². The van der Waals surface area contributed by atoms with Crippen molar-refractivity contribution in [2.45, 2.75) is 0 Å². The number of nitriles is 1. The first-order valence-corrected chi connectivity index (χ1v) is 3.95. The van der Waals surface area contributed by atoms with Gasteiger partial charge in [-0.15, -0.1) is 0 Å². The number of nitrogens with zero attached hydrogens (tertiary/aromatic N) is 2. The highest BCUT2D eigenvalue weighted by Crippen LogP contribution is 2.14. The maximum atomic E-state index is 8.59. The van der Waals surface area contributed by atoms with Gasteiger partial charge in [0.2, 0.25) is 0 Å². The fraction of sp³-hybridized carbons (Fsp3) is 0.143. The van der Waals surface area contributed by atoms with Crippen molar-refractivity contribution in [3.8, 4) is 11.8 Å². The Bertz CT molecular complexity index is 306. The molecule has 0 spiro atoms. The Morgan fingerprint density at radius 2 is 2.45 bits per heavy atom. The van der Waals surface area contributed by atoms with E-state index >= 15 is 0 Å². The average Bonchev–Trinajstić information content (AvgIpc) is 2.05. The molecule has 0 saturated heterocycles. The van der Waals surface area contributed by atoms with Crippen LogP contribution in [0, 0.1) is 15.0 Å². The molecule has 1 rings (SSSR count). The summed E-state index contributed by atoms with van der Waals surface area (Å²) in [7, 11) is 1.55. The van der Waals surface area contributed by atoms with Crippen LogP contribution < -0.4 is 4.74 Å². The van der Waals surface area contributed by atoms with Crippen LogP contribution in [0.2, 0.25) is 0 Å². The van der Waals surface area contributed by atoms with Gasteiger partial charge in [0.15, 0.2) is 0 Å². The van der Waals surface area contributed by atoms with Crippen LogP contribution in [0.1, 0.15) is 5.56 Å². The Balaban J connectivity index is 3.15. The van der Waals surface area contributed by atoms with Gasteiger partial charge in [0.25, 0.3) is 0 Å². The maximum absolute atomic E-state index is 8.59. The zero-order valence-electron chi connectivity index (χ0n) is 5.84. The Labute approximate surface area is 78.1 Å². The third-order valence-electron chi connectivity index (χ3n) is 1.17. The number of hydrogen-bond acceptors (Lipinski definition) is 3. The molecule has 11 heavy (non-hydrogen) atoms. The zero-order chi connectivity index (χ0) is 8.27. The summed E-state index contributed by atoms with van der Waals surface area (Å²) in [6.45, 7) is 0. The number of pyridine rings is 1. The molecule has 0 aliphatic carbocycles. The van der Waals surface area contributed by atoms with Crippen LogP contribution in [0.5, 0.6) is 5.75 Å². The molecule has 1 aromatic heterocycles. The fourth-order valence-corrected chi connectivity index (χ4v) is 1.03. The molecule has 0 amide bonds. The molecule has 3 nitrogen and oxygen atoms in total. The molecule has 56 valence electrons. The van der Waals surface area contributed by atoms with Gasteiger partial charge in [-0.2, -0.15) is 5.26 Å². The van der Waals surface area contributed by atoms with Crippen LogP contribution in [-0.4, -0.2) is 12.1 Å². The molecule has 0 bridgehead atoms. The Morgan fingerprint density at radius 3 is 3.00 bits per heavy atom. The second-order valence-corrected chi connectivity index (χ2v) is 2.85. The predicted octanol–water partition coefficient (Wildman–Crippen LogP) is 1.57. The largest absolute Gasteiger partial charge is 0.495 e. The summed E-state index contributed by atoms with van der Waals surface area (Å²) >= 11 is 2.00. The molecule has 0 atom stereocenters. The van der Waals surface area contributed by atoms with Gasteiger partial charge in [-0.25, -0.2) is 4.98 Å². The third-order valence-corrected chi connectivity index (χ3v) is 2.03. The van der Waals surface area contributed by atoms with Gasteiger partial charge < -0.3 is 4.74 Å². The highest BCUT2D eigenvalue weighted by Gasteiger charge is 2.00. The van der Waals surface area contributed by atoms with Gasteiger partial charge in [-0.1, -0.05) is 0 Å². The summed E-state index contributed by atoms with van der Waals surface area (Å²) in [6, 6.07) is 3.68. The lowest BCUT2D eigenvalue weighted by atomic mass is 10.3. The maximum Gasteiger partial charge on any atom is 0.138 e. The van der Waals surface area contributed by atoms with E-state index in [1.54, 1.807) is 19.4 Å². The average molecular weight is 260 g/mol. The van der Waals surface area contributed by atoms with Crippen molar-refractivity contribution in [1.82, 2.24) is 4.98 Å². The molecule has 0 saturated carbocycles. The predicted molar refractivity (Wildman–Crippen MR) is 48.2 cm³/mol. The van der Waals surface area contributed by atoms with Gasteiger partial charge >= 0.3 is 0 Å². The molecule has 4 heteroatoms. The summed E-state index contributed by atoms with van der Waals surface area (Å²) in [6.07, 6.45) is 1.59. The summed E-state index contributed by atoms with van der Waals surface area (Å²) < 4.78 is 5.59. The molecule has 0 aliphatic heterocycles. The monoisotopic (exact) mass is 260 g/mol. The minimum atomic E-state index is 0.546. The van der Waals surface area contributed by atoms with Crippen LogP contribution >= 0.6 is 22.6 Å². The number of halogens is 1. The fourth-order valence-electron chi connectivity index (χ4n) is 0.619. The first kappa shape index (κ1) is 8.27. The molecule has 1 heterocycles. The van der Waals surface area contributed by atoms with Gasteiger partial charge in [-0.3, -0.25) is 0 Å². The minimum absolute atomic E-state index is 0.546. The lowest BCUT2D eigenvalue weighted by Gasteiger charge is -1.98. The normalized spacial score (nSPS) is 8.82. The Morgan fingerprint density at radius 1 is 1.73 bits per heavy atom. The van der Waals surface area contributed by atoms with E-state index in [1.165, 1.54) is 0 Å². The molecule has 0 N–H and O–H groups in total. The summed E-state index contributed by atoms with van der Waals surface area (Å²) in [5.74, 6) is 0.613. The summed E-state index contributed by atoms with van der Waals surface area (Å²) in [4.78, 5) is 3.96. The summed E-state index contributed by atoms with van der Waals surface area (Å²) in [5.41, 5.74) is 0.546. The second-order valence-electron chi connectivity index (χ2n) is 1.83. The van der Waals surface area contributed by atoms with Crippen molar-refractivity contribution in [3.63, 3.8) is 0 Å². The number of hydrogen-bond donors (Lipinski definition) is 0. The summed E-state index contributed by atoms with van der Waals surface area (Å²) in [5, 5.41) is 8.59. The zero-order valence-corrected chi connectivity index (χ0v) is 7.99. The lowest BCUT2D eigenvalue weighted by molar-refractivity contribution is 0.412. The van der Waals surface area contributed by atoms with E-state index in [4.69, 9.17) is 10.00 Å². The van der Waals surface area contributed by atoms with Crippen molar-refractivity contribution in [3.05, 3.63) is 21.5 Å². The van der Waals surface area contributed by atoms with Crippen LogP contribution in [-0.2, 0) is 0 Å². The van der Waals surface area contributed by atoms with E-state index in [1.807, 2.05) is 28.7 Å². The first-order chi connectivity index (χ1) is 5.27. The molecule has 0 aliphatic rings. The Kier molecular flexibility index (Phi) is 2.65. The Hall–Kier alpha value is -0.830. The van der Waals surface area contributed by atoms with Gasteiger partial charge in [-0.05, 0) is 22.6 Å². The van der Waals surface area contributed by atoms with Crippen LogP contribution in [0.25, 0.3) is 0 Å². The van der Waals surface area contributed by atoms with E-state index in [0.29, 0.717) is 15.0 Å². The van der Waals surface area contributed by atoms with Crippen molar-refractivity contribution in [2.24, 2.45) is 0 Å². The number of rotatable bonds is 1. The van der Waals surface area contributed by atoms with E-state index in [-0.39, 0.29) is 0 Å². The van der Waals surface area contributed by atoms with Crippen LogP contribution in [0.4, 0.5) is 0 Å². The molecule has 0 radical (unpaired) electrons. The third kappa shape index (κ3) is 1.80. The number of methoxy groups -OCH3 is 1. The molecular formula is C7H5IN2O. The van der Waals surface area contributed by atoms with Gasteiger partial charge in [0.05, 0.1) is 18.9 Å². The van der Waals surface area contributed by atoms with Crippen molar-refractivity contribution in [2.75, 3.05) is 7.11 Å². The standard InChI is InChI=1S/C7H5IN2O/c1-11-6-2-5(3-9)7(8)10-4-6/h2,4H,1H3.